The molecule has 0 radical (unpaired) electrons. The maximum Gasteiger partial charge on any atom is 0.246 e. The number of benzene rings is 1. The molecular weight excluding hydrogens is 323 g/mol. The molecule has 20 heavy (non-hydrogen) atoms. The number of methoxy groups -OCH3 is 1. The number of hydrogen-bond acceptors (Lipinski definition) is 4. The van der Waals surface area contributed by atoms with Crippen molar-refractivity contribution < 1.29 is 13.2 Å². The van der Waals surface area contributed by atoms with Crippen molar-refractivity contribution in [2.75, 3.05) is 40.3 Å². The Labute approximate surface area is 129 Å². The summed E-state index contributed by atoms with van der Waals surface area (Å²) in [4.78, 5) is 2.09. The topological polar surface area (TPSA) is 49.9 Å². The first-order chi connectivity index (χ1) is 9.36. The van der Waals surface area contributed by atoms with Gasteiger partial charge in [-0.1, -0.05) is 23.2 Å². The molecule has 112 valence electrons. The molecule has 1 aliphatic rings. The van der Waals surface area contributed by atoms with Crippen LogP contribution in [-0.2, 0) is 10.0 Å². The van der Waals surface area contributed by atoms with Gasteiger partial charge in [0.1, 0.15) is 4.90 Å². The smallest absolute Gasteiger partial charge is 0.246 e. The fraction of sp³-hybridized carbons (Fsp3) is 0.500. The summed E-state index contributed by atoms with van der Waals surface area (Å²) in [6, 6.07) is 2.84. The molecule has 0 bridgehead atoms. The van der Waals surface area contributed by atoms with Gasteiger partial charge in [-0.2, -0.15) is 4.31 Å². The standard InChI is InChI=1S/C12H16Cl2N2O3S/c1-15-3-5-16(6-4-15)20(17,18)11-8-9(13)7-10(14)12(11)19-2/h7-8H,3-6H2,1-2H3. The van der Waals surface area contributed by atoms with Gasteiger partial charge in [0.25, 0.3) is 0 Å². The molecule has 1 aromatic carbocycles. The van der Waals surface area contributed by atoms with Gasteiger partial charge in [-0.05, 0) is 19.2 Å². The first kappa shape index (κ1) is 15.9. The Hall–Kier alpha value is -0.530. The van der Waals surface area contributed by atoms with Crippen LogP contribution >= 0.6 is 23.2 Å². The molecule has 1 heterocycles. The molecule has 8 heteroatoms. The zero-order valence-electron chi connectivity index (χ0n) is 11.3. The van der Waals surface area contributed by atoms with Crippen molar-refractivity contribution in [1.29, 1.82) is 0 Å². The fourth-order valence-electron chi connectivity index (χ4n) is 2.09. The summed E-state index contributed by atoms with van der Waals surface area (Å²) in [7, 11) is -0.314. The van der Waals surface area contributed by atoms with Crippen molar-refractivity contribution in [3.8, 4) is 5.75 Å². The maximum absolute atomic E-state index is 12.7. The highest BCUT2D eigenvalue weighted by Gasteiger charge is 2.31. The highest BCUT2D eigenvalue weighted by Crippen LogP contribution is 2.36. The van der Waals surface area contributed by atoms with Crippen LogP contribution in [0, 0.1) is 0 Å². The molecule has 0 saturated carbocycles. The third kappa shape index (κ3) is 3.04. The lowest BCUT2D eigenvalue weighted by molar-refractivity contribution is 0.222. The van der Waals surface area contributed by atoms with E-state index < -0.39 is 10.0 Å². The molecule has 1 aromatic rings. The van der Waals surface area contributed by atoms with Crippen molar-refractivity contribution in [3.05, 3.63) is 22.2 Å². The van der Waals surface area contributed by atoms with Gasteiger partial charge in [0.2, 0.25) is 10.0 Å². The Bertz CT molecular complexity index is 599. The molecule has 0 amide bonds. The molecule has 1 saturated heterocycles. The van der Waals surface area contributed by atoms with Gasteiger partial charge >= 0.3 is 0 Å². The largest absolute Gasteiger partial charge is 0.494 e. The average molecular weight is 339 g/mol. The first-order valence-electron chi connectivity index (χ1n) is 6.08. The van der Waals surface area contributed by atoms with E-state index in [1.807, 2.05) is 7.05 Å². The summed E-state index contributed by atoms with van der Waals surface area (Å²) in [5.74, 6) is 0.134. The number of halogens is 2. The Kier molecular flexibility index (Phi) is 4.81. The quantitative estimate of drug-likeness (QED) is 0.845. The Morgan fingerprint density at radius 1 is 1.15 bits per heavy atom. The van der Waals surface area contributed by atoms with Crippen LogP contribution in [-0.4, -0.2) is 58.0 Å². The molecule has 1 aliphatic heterocycles. The van der Waals surface area contributed by atoms with Gasteiger partial charge in [-0.15, -0.1) is 0 Å². The molecule has 2 rings (SSSR count). The van der Waals surface area contributed by atoms with Gasteiger partial charge in [0.05, 0.1) is 12.1 Å². The van der Waals surface area contributed by atoms with Gasteiger partial charge < -0.3 is 9.64 Å². The lowest BCUT2D eigenvalue weighted by atomic mass is 10.3. The zero-order valence-corrected chi connectivity index (χ0v) is 13.6. The lowest BCUT2D eigenvalue weighted by Gasteiger charge is -2.31. The summed E-state index contributed by atoms with van der Waals surface area (Å²) in [6.07, 6.45) is 0. The molecule has 0 unspecified atom stereocenters. The first-order valence-corrected chi connectivity index (χ1v) is 8.27. The highest BCUT2D eigenvalue weighted by atomic mass is 35.5. The zero-order chi connectivity index (χ0) is 14.9. The van der Waals surface area contributed by atoms with Crippen LogP contribution in [0.25, 0.3) is 0 Å². The van der Waals surface area contributed by atoms with E-state index in [-0.39, 0.29) is 20.7 Å². The van der Waals surface area contributed by atoms with Gasteiger partial charge in [0.15, 0.2) is 5.75 Å². The molecule has 0 aliphatic carbocycles. The van der Waals surface area contributed by atoms with Crippen LogP contribution in [0.2, 0.25) is 10.0 Å². The number of ether oxygens (including phenoxy) is 1. The third-order valence-corrected chi connectivity index (χ3v) is 5.66. The summed E-state index contributed by atoms with van der Waals surface area (Å²) < 4.78 is 31.9. The lowest BCUT2D eigenvalue weighted by Crippen LogP contribution is -2.47. The number of hydrogen-bond donors (Lipinski definition) is 0. The van der Waals surface area contributed by atoms with Gasteiger partial charge in [-0.3, -0.25) is 0 Å². The van der Waals surface area contributed by atoms with E-state index in [2.05, 4.69) is 4.90 Å². The summed E-state index contributed by atoms with van der Waals surface area (Å²) in [6.45, 7) is 2.25. The Balaban J connectivity index is 2.44. The second-order valence-electron chi connectivity index (χ2n) is 4.63. The second kappa shape index (κ2) is 6.07. The van der Waals surface area contributed by atoms with Crippen LogP contribution in [0.3, 0.4) is 0 Å². The van der Waals surface area contributed by atoms with Crippen LogP contribution in [0.15, 0.2) is 17.0 Å². The summed E-state index contributed by atoms with van der Waals surface area (Å²) >= 11 is 11.9. The van der Waals surface area contributed by atoms with E-state index in [9.17, 15) is 8.42 Å². The van der Waals surface area contributed by atoms with Crippen LogP contribution < -0.4 is 4.74 Å². The molecule has 1 fully saturated rings. The number of nitrogens with zero attached hydrogens (tertiary/aromatic N) is 2. The van der Waals surface area contributed by atoms with Gasteiger partial charge in [0, 0.05) is 31.2 Å². The minimum Gasteiger partial charge on any atom is -0.494 e. The third-order valence-electron chi connectivity index (χ3n) is 3.26. The maximum atomic E-state index is 12.7. The Morgan fingerprint density at radius 2 is 1.75 bits per heavy atom. The molecule has 0 N–H and O–H groups in total. The predicted molar refractivity (Wildman–Crippen MR) is 79.3 cm³/mol. The monoisotopic (exact) mass is 338 g/mol. The molecule has 0 spiro atoms. The second-order valence-corrected chi connectivity index (χ2v) is 7.38. The molecule has 5 nitrogen and oxygen atoms in total. The van der Waals surface area contributed by atoms with E-state index in [1.54, 1.807) is 0 Å². The van der Waals surface area contributed by atoms with Crippen LogP contribution in [0.5, 0.6) is 5.75 Å². The van der Waals surface area contributed by atoms with Crippen molar-refractivity contribution in [2.45, 2.75) is 4.90 Å². The van der Waals surface area contributed by atoms with E-state index in [4.69, 9.17) is 27.9 Å². The van der Waals surface area contributed by atoms with E-state index in [1.165, 1.54) is 23.5 Å². The van der Waals surface area contributed by atoms with E-state index >= 15 is 0 Å². The minimum atomic E-state index is -3.66. The Morgan fingerprint density at radius 3 is 2.30 bits per heavy atom. The fourth-order valence-corrected chi connectivity index (χ4v) is 4.41. The summed E-state index contributed by atoms with van der Waals surface area (Å²) in [5, 5.41) is 0.455. The molecule has 0 aromatic heterocycles. The number of piperazine rings is 1. The SMILES string of the molecule is COc1c(Cl)cc(Cl)cc1S(=O)(=O)N1CCN(C)CC1. The van der Waals surface area contributed by atoms with Crippen molar-refractivity contribution in [3.63, 3.8) is 0 Å². The number of rotatable bonds is 3. The molecule has 0 atom stereocenters. The predicted octanol–water partition coefficient (Wildman–Crippen LogP) is 1.94. The van der Waals surface area contributed by atoms with Crippen LogP contribution in [0.4, 0.5) is 0 Å². The van der Waals surface area contributed by atoms with E-state index in [0.717, 1.165) is 0 Å². The van der Waals surface area contributed by atoms with E-state index in [0.29, 0.717) is 26.2 Å². The van der Waals surface area contributed by atoms with Gasteiger partial charge in [-0.25, -0.2) is 8.42 Å². The normalized spacial score (nSPS) is 18.2. The molecular formula is C12H16Cl2N2O3S. The van der Waals surface area contributed by atoms with Crippen molar-refractivity contribution in [2.24, 2.45) is 0 Å². The van der Waals surface area contributed by atoms with Crippen LogP contribution in [0.1, 0.15) is 0 Å². The van der Waals surface area contributed by atoms with Crippen molar-refractivity contribution in [1.82, 2.24) is 9.21 Å². The minimum absolute atomic E-state index is 0.0158. The highest BCUT2D eigenvalue weighted by molar-refractivity contribution is 7.89. The average Bonchev–Trinajstić information content (AvgIpc) is 2.38. The number of sulfonamides is 1. The summed E-state index contributed by atoms with van der Waals surface area (Å²) in [5.41, 5.74) is 0. The number of likely N-dealkylation sites (N-methyl/N-ethyl adjacent to an activating group) is 1. The van der Waals surface area contributed by atoms with Crippen molar-refractivity contribution >= 4 is 33.2 Å².